The van der Waals surface area contributed by atoms with Gasteiger partial charge in [-0.1, -0.05) is 0 Å². The van der Waals surface area contributed by atoms with E-state index in [9.17, 15) is 13.6 Å². The molecule has 0 saturated heterocycles. The fourth-order valence-electron chi connectivity index (χ4n) is 3.27. The number of carbonyl (C=O) groups is 1. The Morgan fingerprint density at radius 1 is 1.07 bits per heavy atom. The maximum absolute atomic E-state index is 13.5. The van der Waals surface area contributed by atoms with Crippen LogP contribution < -0.4 is 14.8 Å². The molecule has 1 aromatic heterocycles. The lowest BCUT2D eigenvalue weighted by molar-refractivity contribution is 0.102. The molecule has 0 bridgehead atoms. The van der Waals surface area contributed by atoms with Gasteiger partial charge >= 0.3 is 0 Å². The molecule has 0 radical (unpaired) electrons. The molecule has 2 aromatic carbocycles. The second-order valence-corrected chi connectivity index (χ2v) is 6.82. The van der Waals surface area contributed by atoms with E-state index in [4.69, 9.17) is 9.47 Å². The third-order valence-electron chi connectivity index (χ3n) is 4.79. The van der Waals surface area contributed by atoms with Gasteiger partial charge in [0.2, 0.25) is 6.79 Å². The summed E-state index contributed by atoms with van der Waals surface area (Å²) in [6.45, 7) is 0.154. The largest absolute Gasteiger partial charge is 0.454 e. The molecule has 1 aliphatic heterocycles. The molecule has 0 spiro atoms. The third-order valence-corrected chi connectivity index (χ3v) is 4.79. The van der Waals surface area contributed by atoms with Gasteiger partial charge in [-0.25, -0.2) is 8.78 Å². The summed E-state index contributed by atoms with van der Waals surface area (Å²) in [5.41, 5.74) is 2.48. The van der Waals surface area contributed by atoms with Crippen molar-refractivity contribution in [2.45, 2.75) is 18.8 Å². The monoisotopic (exact) mass is 383 g/mol. The number of carbonyl (C=O) groups excluding carboxylic acids is 1. The Morgan fingerprint density at radius 2 is 1.82 bits per heavy atom. The molecular weight excluding hydrogens is 368 g/mol. The van der Waals surface area contributed by atoms with Gasteiger partial charge < -0.3 is 14.8 Å². The van der Waals surface area contributed by atoms with Crippen LogP contribution in [-0.2, 0) is 0 Å². The maximum Gasteiger partial charge on any atom is 0.255 e. The van der Waals surface area contributed by atoms with Crippen molar-refractivity contribution in [3.8, 4) is 22.8 Å². The highest BCUT2D eigenvalue weighted by Gasteiger charge is 2.31. The molecule has 6 nitrogen and oxygen atoms in total. The van der Waals surface area contributed by atoms with Crippen LogP contribution in [-0.4, -0.2) is 22.9 Å². The molecule has 0 atom stereocenters. The van der Waals surface area contributed by atoms with Crippen LogP contribution in [0.5, 0.6) is 11.5 Å². The summed E-state index contributed by atoms with van der Waals surface area (Å²) in [7, 11) is 0. The van der Waals surface area contributed by atoms with Crippen LogP contribution in [0.25, 0.3) is 11.3 Å². The van der Waals surface area contributed by atoms with E-state index in [1.54, 1.807) is 12.1 Å². The Labute approximate surface area is 158 Å². The first-order valence-electron chi connectivity index (χ1n) is 8.84. The van der Waals surface area contributed by atoms with Crippen molar-refractivity contribution in [2.75, 3.05) is 12.1 Å². The fourth-order valence-corrected chi connectivity index (χ4v) is 3.27. The van der Waals surface area contributed by atoms with Crippen LogP contribution in [0.1, 0.15) is 34.8 Å². The zero-order valence-electron chi connectivity index (χ0n) is 14.6. The van der Waals surface area contributed by atoms with E-state index in [1.165, 1.54) is 0 Å². The summed E-state index contributed by atoms with van der Waals surface area (Å²) in [6, 6.07) is 8.09. The maximum atomic E-state index is 13.5. The number of rotatable bonds is 4. The fraction of sp³-hybridized carbons (Fsp3) is 0.200. The van der Waals surface area contributed by atoms with E-state index < -0.39 is 17.5 Å². The quantitative estimate of drug-likeness (QED) is 0.708. The number of H-pyrrole nitrogens is 1. The van der Waals surface area contributed by atoms with Gasteiger partial charge in [0.05, 0.1) is 11.4 Å². The molecule has 0 unspecified atom stereocenters. The van der Waals surface area contributed by atoms with Crippen molar-refractivity contribution in [3.05, 3.63) is 59.3 Å². The SMILES string of the molecule is O=C(Nc1c(-c2ccc3c(c2)OCO3)n[nH]c1C1CC1)c1cc(F)cc(F)c1. The van der Waals surface area contributed by atoms with Gasteiger partial charge in [-0.15, -0.1) is 0 Å². The average Bonchev–Trinajstić information content (AvgIpc) is 3.25. The highest BCUT2D eigenvalue weighted by Crippen LogP contribution is 2.46. The molecule has 28 heavy (non-hydrogen) atoms. The normalized spacial score (nSPS) is 14.9. The van der Waals surface area contributed by atoms with Gasteiger partial charge in [0.15, 0.2) is 11.5 Å². The molecule has 2 heterocycles. The minimum absolute atomic E-state index is 0.0999. The predicted molar refractivity (Wildman–Crippen MR) is 96.4 cm³/mol. The number of nitrogens with zero attached hydrogens (tertiary/aromatic N) is 1. The smallest absolute Gasteiger partial charge is 0.255 e. The second kappa shape index (κ2) is 6.33. The van der Waals surface area contributed by atoms with E-state index in [1.807, 2.05) is 6.07 Å². The van der Waals surface area contributed by atoms with Crippen LogP contribution >= 0.6 is 0 Å². The molecule has 2 aliphatic rings. The summed E-state index contributed by atoms with van der Waals surface area (Å²) >= 11 is 0. The van der Waals surface area contributed by atoms with Crippen molar-refractivity contribution in [1.29, 1.82) is 0 Å². The molecule has 1 fully saturated rings. The van der Waals surface area contributed by atoms with Gasteiger partial charge in [0.1, 0.15) is 17.3 Å². The van der Waals surface area contributed by atoms with Crippen molar-refractivity contribution in [1.82, 2.24) is 10.2 Å². The van der Waals surface area contributed by atoms with Gasteiger partial charge in [-0.3, -0.25) is 9.89 Å². The number of anilines is 1. The number of fused-ring (bicyclic) bond motifs is 1. The van der Waals surface area contributed by atoms with E-state index in [2.05, 4.69) is 15.5 Å². The van der Waals surface area contributed by atoms with Crippen molar-refractivity contribution in [3.63, 3.8) is 0 Å². The lowest BCUT2D eigenvalue weighted by Gasteiger charge is -2.09. The summed E-state index contributed by atoms with van der Waals surface area (Å²) in [6.07, 6.45) is 1.97. The highest BCUT2D eigenvalue weighted by atomic mass is 19.1. The number of hydrogen-bond acceptors (Lipinski definition) is 4. The Morgan fingerprint density at radius 3 is 2.57 bits per heavy atom. The van der Waals surface area contributed by atoms with Crippen LogP contribution in [0.2, 0.25) is 0 Å². The van der Waals surface area contributed by atoms with Crippen molar-refractivity contribution < 1.29 is 23.0 Å². The summed E-state index contributed by atoms with van der Waals surface area (Å²) in [4.78, 5) is 12.7. The molecule has 5 rings (SSSR count). The molecule has 2 N–H and O–H groups in total. The molecule has 3 aromatic rings. The van der Waals surface area contributed by atoms with E-state index >= 15 is 0 Å². The molecule has 1 saturated carbocycles. The minimum atomic E-state index is -0.809. The highest BCUT2D eigenvalue weighted by molar-refractivity contribution is 6.06. The first-order valence-corrected chi connectivity index (χ1v) is 8.84. The first kappa shape index (κ1) is 16.7. The van der Waals surface area contributed by atoms with Crippen molar-refractivity contribution in [2.24, 2.45) is 0 Å². The van der Waals surface area contributed by atoms with E-state index in [-0.39, 0.29) is 18.3 Å². The second-order valence-electron chi connectivity index (χ2n) is 6.82. The lowest BCUT2D eigenvalue weighted by Crippen LogP contribution is -2.14. The number of amides is 1. The number of hydrogen-bond donors (Lipinski definition) is 2. The van der Waals surface area contributed by atoms with Crippen LogP contribution in [0.15, 0.2) is 36.4 Å². The number of nitrogens with one attached hydrogen (secondary N) is 2. The van der Waals surface area contributed by atoms with Crippen LogP contribution in [0.3, 0.4) is 0 Å². The Hall–Kier alpha value is -3.42. The summed E-state index contributed by atoms with van der Waals surface area (Å²) in [5, 5.41) is 10.1. The van der Waals surface area contributed by atoms with Crippen LogP contribution in [0.4, 0.5) is 14.5 Å². The zero-order valence-corrected chi connectivity index (χ0v) is 14.6. The number of aromatic nitrogens is 2. The van der Waals surface area contributed by atoms with Crippen LogP contribution in [0, 0.1) is 11.6 Å². The third kappa shape index (κ3) is 2.96. The zero-order chi connectivity index (χ0) is 19.3. The molecule has 1 aliphatic carbocycles. The number of ether oxygens (including phenoxy) is 2. The summed E-state index contributed by atoms with van der Waals surface area (Å²) in [5.74, 6) is -0.717. The van der Waals surface area contributed by atoms with Crippen molar-refractivity contribution >= 4 is 11.6 Å². The Kier molecular flexibility index (Phi) is 3.78. The molecule has 142 valence electrons. The standard InChI is InChI=1S/C20H15F2N3O3/c21-13-5-12(6-14(22)8-13)20(26)23-19-17(10-1-2-10)24-25-18(19)11-3-4-15-16(7-11)28-9-27-15/h3-8,10H,1-2,9H2,(H,23,26)(H,24,25). The lowest BCUT2D eigenvalue weighted by atomic mass is 10.1. The van der Waals surface area contributed by atoms with Gasteiger partial charge in [-0.2, -0.15) is 5.10 Å². The van der Waals surface area contributed by atoms with Gasteiger partial charge in [-0.05, 0) is 43.2 Å². The molecule has 8 heteroatoms. The summed E-state index contributed by atoms with van der Waals surface area (Å²) < 4.78 is 37.7. The van der Waals surface area contributed by atoms with Gasteiger partial charge in [0, 0.05) is 23.1 Å². The first-order chi connectivity index (χ1) is 13.6. The Bertz CT molecular complexity index is 1070. The van der Waals surface area contributed by atoms with E-state index in [0.717, 1.165) is 42.3 Å². The predicted octanol–water partition coefficient (Wildman–Crippen LogP) is 4.21. The topological polar surface area (TPSA) is 76.2 Å². The number of aromatic amines is 1. The number of halogens is 2. The molecule has 1 amide bonds. The van der Waals surface area contributed by atoms with E-state index in [0.29, 0.717) is 22.9 Å². The number of benzene rings is 2. The van der Waals surface area contributed by atoms with Gasteiger partial charge in [0.25, 0.3) is 5.91 Å². The Balaban J connectivity index is 1.53. The molecular formula is C20H15F2N3O3. The average molecular weight is 383 g/mol. The minimum Gasteiger partial charge on any atom is -0.454 e.